The van der Waals surface area contributed by atoms with Gasteiger partial charge in [-0.2, -0.15) is 0 Å². The highest BCUT2D eigenvalue weighted by atomic mass is 15.2. The number of hydrogen-bond acceptors (Lipinski definition) is 4. The van der Waals surface area contributed by atoms with E-state index in [4.69, 9.17) is 4.98 Å². The monoisotopic (exact) mass is 262 g/mol. The Hall–Kier alpha value is -1.16. The molecular formula is C15H26N4. The van der Waals surface area contributed by atoms with Crippen molar-refractivity contribution in [1.29, 1.82) is 0 Å². The van der Waals surface area contributed by atoms with Crippen molar-refractivity contribution in [1.82, 2.24) is 15.3 Å². The molecule has 0 amide bonds. The molecule has 0 radical (unpaired) electrons. The number of nitrogens with zero attached hydrogens (tertiary/aromatic N) is 3. The Morgan fingerprint density at radius 1 is 1.32 bits per heavy atom. The minimum Gasteiger partial charge on any atom is -0.351 e. The molecule has 0 spiro atoms. The summed E-state index contributed by atoms with van der Waals surface area (Å²) in [5.74, 6) is 1.01. The van der Waals surface area contributed by atoms with E-state index in [9.17, 15) is 0 Å². The largest absolute Gasteiger partial charge is 0.351 e. The number of piperidine rings is 1. The Balaban J connectivity index is 2.12. The number of aryl methyl sites for hydroxylation is 2. The van der Waals surface area contributed by atoms with Crippen LogP contribution in [0.5, 0.6) is 0 Å². The van der Waals surface area contributed by atoms with Crippen molar-refractivity contribution in [3.05, 3.63) is 17.6 Å². The Kier molecular flexibility index (Phi) is 4.75. The summed E-state index contributed by atoms with van der Waals surface area (Å²) in [5.41, 5.74) is 2.04. The minimum absolute atomic E-state index is 0.445. The number of rotatable bonds is 4. The van der Waals surface area contributed by atoms with Crippen LogP contribution in [0.1, 0.15) is 44.5 Å². The number of hydrogen-bond donors (Lipinski definition) is 1. The smallest absolute Gasteiger partial charge is 0.147 e. The van der Waals surface area contributed by atoms with Crippen LogP contribution in [0.4, 0.5) is 5.82 Å². The van der Waals surface area contributed by atoms with Crippen molar-refractivity contribution in [3.8, 4) is 0 Å². The molecule has 1 aromatic rings. The van der Waals surface area contributed by atoms with Crippen LogP contribution in [0, 0.1) is 13.8 Å². The summed E-state index contributed by atoms with van der Waals surface area (Å²) in [5, 5.41) is 3.61. The second kappa shape index (κ2) is 6.33. The molecule has 1 aliphatic rings. The van der Waals surface area contributed by atoms with E-state index in [1.165, 1.54) is 19.3 Å². The summed E-state index contributed by atoms with van der Waals surface area (Å²) < 4.78 is 0. The summed E-state index contributed by atoms with van der Waals surface area (Å²) in [6, 6.07) is 1.03. The molecule has 0 aliphatic carbocycles. The first-order valence-electron chi connectivity index (χ1n) is 7.38. The summed E-state index contributed by atoms with van der Waals surface area (Å²) in [6.07, 6.45) is 5.82. The van der Waals surface area contributed by atoms with E-state index in [0.29, 0.717) is 12.1 Å². The van der Waals surface area contributed by atoms with Crippen LogP contribution in [0.15, 0.2) is 6.20 Å². The van der Waals surface area contributed by atoms with Crippen LogP contribution in [-0.4, -0.2) is 35.1 Å². The molecule has 1 aromatic heterocycles. The van der Waals surface area contributed by atoms with Gasteiger partial charge in [0.1, 0.15) is 5.82 Å². The highest BCUT2D eigenvalue weighted by Crippen LogP contribution is 2.17. The first-order valence-corrected chi connectivity index (χ1v) is 7.38. The predicted molar refractivity (Wildman–Crippen MR) is 79.6 cm³/mol. The highest BCUT2D eigenvalue weighted by molar-refractivity contribution is 5.39. The molecule has 19 heavy (non-hydrogen) atoms. The van der Waals surface area contributed by atoms with E-state index < -0.39 is 0 Å². The van der Waals surface area contributed by atoms with Gasteiger partial charge in [-0.25, -0.2) is 4.98 Å². The van der Waals surface area contributed by atoms with E-state index in [1.807, 2.05) is 20.0 Å². The van der Waals surface area contributed by atoms with Crippen molar-refractivity contribution < 1.29 is 0 Å². The van der Waals surface area contributed by atoms with Crippen molar-refractivity contribution >= 4 is 5.82 Å². The number of anilines is 1. The third-order valence-electron chi connectivity index (χ3n) is 3.93. The zero-order valence-corrected chi connectivity index (χ0v) is 12.6. The zero-order chi connectivity index (χ0) is 13.8. The lowest BCUT2D eigenvalue weighted by molar-refractivity contribution is 0.392. The van der Waals surface area contributed by atoms with Crippen LogP contribution in [0.2, 0.25) is 0 Å². The molecule has 1 fully saturated rings. The van der Waals surface area contributed by atoms with Crippen molar-refractivity contribution in [2.24, 2.45) is 0 Å². The van der Waals surface area contributed by atoms with Gasteiger partial charge in [0.05, 0.1) is 17.6 Å². The Labute approximate surface area is 116 Å². The molecule has 2 heterocycles. The third-order valence-corrected chi connectivity index (χ3v) is 3.93. The van der Waals surface area contributed by atoms with Gasteiger partial charge in [0.25, 0.3) is 0 Å². The van der Waals surface area contributed by atoms with Gasteiger partial charge in [-0.3, -0.25) is 4.98 Å². The van der Waals surface area contributed by atoms with E-state index in [2.05, 4.69) is 29.0 Å². The molecule has 0 aromatic carbocycles. The summed E-state index contributed by atoms with van der Waals surface area (Å²) >= 11 is 0. The van der Waals surface area contributed by atoms with E-state index in [-0.39, 0.29) is 0 Å². The molecular weight excluding hydrogens is 236 g/mol. The Bertz CT molecular complexity index is 411. The Morgan fingerprint density at radius 2 is 2.11 bits per heavy atom. The Morgan fingerprint density at radius 3 is 2.68 bits per heavy atom. The first-order chi connectivity index (χ1) is 9.08. The van der Waals surface area contributed by atoms with Gasteiger partial charge in [0.2, 0.25) is 0 Å². The fourth-order valence-electron chi connectivity index (χ4n) is 2.55. The normalized spacial score (nSPS) is 19.7. The van der Waals surface area contributed by atoms with E-state index in [0.717, 1.165) is 30.3 Å². The van der Waals surface area contributed by atoms with Crippen LogP contribution in [0.3, 0.4) is 0 Å². The standard InChI is InChI=1S/C15H26N4/c1-11(2)19(10-14-7-5-6-8-16-14)15-9-17-12(3)13(4)18-15/h9,11,14,16H,5-8,10H2,1-4H3. The summed E-state index contributed by atoms with van der Waals surface area (Å²) in [6.45, 7) is 10.7. The van der Waals surface area contributed by atoms with Gasteiger partial charge >= 0.3 is 0 Å². The maximum atomic E-state index is 4.70. The molecule has 106 valence electrons. The second-order valence-corrected chi connectivity index (χ2v) is 5.79. The molecule has 2 rings (SSSR count). The lowest BCUT2D eigenvalue weighted by atomic mass is 10.0. The molecule has 4 heteroatoms. The van der Waals surface area contributed by atoms with Crippen molar-refractivity contribution in [2.45, 2.75) is 59.0 Å². The molecule has 1 aliphatic heterocycles. The van der Waals surface area contributed by atoms with Crippen LogP contribution < -0.4 is 10.2 Å². The van der Waals surface area contributed by atoms with Gasteiger partial charge < -0.3 is 10.2 Å². The molecule has 4 nitrogen and oxygen atoms in total. The minimum atomic E-state index is 0.445. The summed E-state index contributed by atoms with van der Waals surface area (Å²) in [4.78, 5) is 11.5. The van der Waals surface area contributed by atoms with Gasteiger partial charge in [-0.15, -0.1) is 0 Å². The maximum absolute atomic E-state index is 4.70. The van der Waals surface area contributed by atoms with Gasteiger partial charge in [0, 0.05) is 18.6 Å². The molecule has 1 unspecified atom stereocenters. The fraction of sp³-hybridized carbons (Fsp3) is 0.733. The quantitative estimate of drug-likeness (QED) is 0.905. The number of nitrogens with one attached hydrogen (secondary N) is 1. The molecule has 1 N–H and O–H groups in total. The average molecular weight is 262 g/mol. The van der Waals surface area contributed by atoms with Crippen molar-refractivity contribution in [2.75, 3.05) is 18.0 Å². The van der Waals surface area contributed by atoms with Gasteiger partial charge in [-0.1, -0.05) is 6.42 Å². The van der Waals surface area contributed by atoms with Crippen LogP contribution in [-0.2, 0) is 0 Å². The van der Waals surface area contributed by atoms with E-state index in [1.54, 1.807) is 0 Å². The predicted octanol–water partition coefficient (Wildman–Crippen LogP) is 2.45. The molecule has 1 saturated heterocycles. The highest BCUT2D eigenvalue weighted by Gasteiger charge is 2.20. The lowest BCUT2D eigenvalue weighted by Crippen LogP contribution is -2.46. The second-order valence-electron chi connectivity index (χ2n) is 5.79. The van der Waals surface area contributed by atoms with Crippen molar-refractivity contribution in [3.63, 3.8) is 0 Å². The summed E-state index contributed by atoms with van der Waals surface area (Å²) in [7, 11) is 0. The lowest BCUT2D eigenvalue weighted by Gasteiger charge is -2.34. The first kappa shape index (κ1) is 14.3. The average Bonchev–Trinajstić information content (AvgIpc) is 2.40. The maximum Gasteiger partial charge on any atom is 0.147 e. The van der Waals surface area contributed by atoms with Gasteiger partial charge in [0.15, 0.2) is 0 Å². The third kappa shape index (κ3) is 3.66. The zero-order valence-electron chi connectivity index (χ0n) is 12.6. The van der Waals surface area contributed by atoms with Crippen LogP contribution in [0.25, 0.3) is 0 Å². The number of aromatic nitrogens is 2. The molecule has 1 atom stereocenters. The van der Waals surface area contributed by atoms with E-state index >= 15 is 0 Å². The SMILES string of the molecule is Cc1ncc(N(CC2CCCCN2)C(C)C)nc1C. The van der Waals surface area contributed by atoms with Crippen LogP contribution >= 0.6 is 0 Å². The molecule has 0 bridgehead atoms. The molecule has 0 saturated carbocycles. The fourth-order valence-corrected chi connectivity index (χ4v) is 2.55. The topological polar surface area (TPSA) is 41.1 Å². The van der Waals surface area contributed by atoms with Gasteiger partial charge in [-0.05, 0) is 47.1 Å².